The third-order valence-electron chi connectivity index (χ3n) is 2.54. The number of aliphatic carboxylic acids is 1. The number of carbonyl (C=O) groups excluding carboxylic acids is 1. The summed E-state index contributed by atoms with van der Waals surface area (Å²) in [5.74, 6) is -2.07. The highest BCUT2D eigenvalue weighted by atomic mass is 35.5. The highest BCUT2D eigenvalue weighted by Gasteiger charge is 2.23. The zero-order chi connectivity index (χ0) is 15.6. The molecule has 0 aliphatic rings. The number of amides is 1. The predicted octanol–water partition coefficient (Wildman–Crippen LogP) is 2.99. The van der Waals surface area contributed by atoms with Gasteiger partial charge in [0.25, 0.3) is 5.91 Å². The average Bonchev–Trinajstić information content (AvgIpc) is 3.01. The van der Waals surface area contributed by atoms with Crippen molar-refractivity contribution in [1.29, 1.82) is 0 Å². The van der Waals surface area contributed by atoms with Crippen molar-refractivity contribution >= 4 is 46.2 Å². The number of nitrogens with one attached hydrogen (secondary N) is 1. The second kappa shape index (κ2) is 6.50. The molecule has 0 aliphatic carbocycles. The summed E-state index contributed by atoms with van der Waals surface area (Å²) in [5.41, 5.74) is 0.458. The molecule has 1 atom stereocenters. The zero-order valence-corrected chi connectivity index (χ0v) is 13.1. The van der Waals surface area contributed by atoms with Crippen LogP contribution in [0.3, 0.4) is 0 Å². The maximum Gasteiger partial charge on any atom is 0.328 e. The molecule has 0 saturated carbocycles. The Labute approximate surface area is 132 Å². The lowest BCUT2D eigenvalue weighted by Crippen LogP contribution is -2.42. The second-order valence-corrected chi connectivity index (χ2v) is 6.77. The minimum Gasteiger partial charge on any atom is -0.480 e. The largest absolute Gasteiger partial charge is 0.480 e. The first-order valence-electron chi connectivity index (χ1n) is 5.75. The second-order valence-electron chi connectivity index (χ2n) is 4.06. The van der Waals surface area contributed by atoms with E-state index in [2.05, 4.69) is 10.3 Å². The van der Waals surface area contributed by atoms with E-state index in [1.165, 1.54) is 11.3 Å². The number of carboxylic acid groups (broad SMARTS) is 1. The monoisotopic (exact) mass is 348 g/mol. The van der Waals surface area contributed by atoms with Crippen molar-refractivity contribution in [2.75, 3.05) is 6.67 Å². The molecule has 21 heavy (non-hydrogen) atoms. The SMILES string of the molecule is Cc1nc(-c2ccc(Cl)s2)sc1C(=O)NC(CF)C(=O)O. The van der Waals surface area contributed by atoms with E-state index < -0.39 is 24.6 Å². The van der Waals surface area contributed by atoms with E-state index in [1.54, 1.807) is 19.1 Å². The highest BCUT2D eigenvalue weighted by molar-refractivity contribution is 7.24. The fraction of sp³-hybridized carbons (Fsp3) is 0.250. The van der Waals surface area contributed by atoms with Gasteiger partial charge in [-0.3, -0.25) is 4.79 Å². The molecule has 2 heterocycles. The molecule has 1 amide bonds. The van der Waals surface area contributed by atoms with E-state index in [1.807, 2.05) is 0 Å². The van der Waals surface area contributed by atoms with Gasteiger partial charge in [-0.2, -0.15) is 0 Å². The number of hydrogen-bond acceptors (Lipinski definition) is 5. The van der Waals surface area contributed by atoms with Crippen LogP contribution in [0.4, 0.5) is 4.39 Å². The lowest BCUT2D eigenvalue weighted by Gasteiger charge is -2.09. The maximum absolute atomic E-state index is 12.5. The average molecular weight is 349 g/mol. The van der Waals surface area contributed by atoms with E-state index >= 15 is 0 Å². The quantitative estimate of drug-likeness (QED) is 0.870. The first-order valence-corrected chi connectivity index (χ1v) is 7.76. The third-order valence-corrected chi connectivity index (χ3v) is 5.10. The number of thiophene rings is 1. The van der Waals surface area contributed by atoms with Crippen molar-refractivity contribution in [2.24, 2.45) is 0 Å². The predicted molar refractivity (Wildman–Crippen MR) is 80.0 cm³/mol. The Bertz CT molecular complexity index is 686. The zero-order valence-electron chi connectivity index (χ0n) is 10.7. The third kappa shape index (κ3) is 3.58. The Morgan fingerprint density at radius 3 is 2.71 bits per heavy atom. The maximum atomic E-state index is 12.5. The summed E-state index contributed by atoms with van der Waals surface area (Å²) in [5, 5.41) is 11.5. The number of aromatic nitrogens is 1. The van der Waals surface area contributed by atoms with Crippen molar-refractivity contribution < 1.29 is 19.1 Å². The molecule has 9 heteroatoms. The van der Waals surface area contributed by atoms with E-state index in [0.29, 0.717) is 15.0 Å². The fourth-order valence-corrected chi connectivity index (χ4v) is 3.60. The van der Waals surface area contributed by atoms with Crippen LogP contribution in [0.5, 0.6) is 0 Å². The van der Waals surface area contributed by atoms with Crippen LogP contribution in [0, 0.1) is 6.92 Å². The Morgan fingerprint density at radius 1 is 1.48 bits per heavy atom. The first kappa shape index (κ1) is 15.9. The Kier molecular flexibility index (Phi) is 4.92. The molecule has 1 unspecified atom stereocenters. The number of halogens is 2. The topological polar surface area (TPSA) is 79.3 Å². The van der Waals surface area contributed by atoms with Gasteiger partial charge in [0, 0.05) is 0 Å². The molecule has 112 valence electrons. The van der Waals surface area contributed by atoms with Crippen molar-refractivity contribution in [3.05, 3.63) is 27.0 Å². The Hall–Kier alpha value is -1.51. The Morgan fingerprint density at radius 2 is 2.19 bits per heavy atom. The van der Waals surface area contributed by atoms with Crippen LogP contribution in [-0.4, -0.2) is 34.7 Å². The number of carbonyl (C=O) groups is 2. The molecule has 2 N–H and O–H groups in total. The summed E-state index contributed by atoms with van der Waals surface area (Å²) in [6.07, 6.45) is 0. The molecule has 0 spiro atoms. The summed E-state index contributed by atoms with van der Waals surface area (Å²) < 4.78 is 13.1. The van der Waals surface area contributed by atoms with E-state index in [-0.39, 0.29) is 4.88 Å². The standard InChI is InChI=1S/C12H10ClFN2O3S2/c1-5-9(10(17)16-6(4-14)12(18)19)21-11(15-5)7-2-3-8(13)20-7/h2-3,6H,4H2,1H3,(H,16,17)(H,18,19). The number of thiazole rings is 1. The van der Waals surface area contributed by atoms with Crippen molar-refractivity contribution in [1.82, 2.24) is 10.3 Å². The molecule has 0 radical (unpaired) electrons. The van der Waals surface area contributed by atoms with Crippen LogP contribution in [0.15, 0.2) is 12.1 Å². The smallest absolute Gasteiger partial charge is 0.328 e. The van der Waals surface area contributed by atoms with Crippen LogP contribution in [-0.2, 0) is 4.79 Å². The van der Waals surface area contributed by atoms with E-state index in [0.717, 1.165) is 16.2 Å². The molecule has 0 saturated heterocycles. The Balaban J connectivity index is 2.22. The molecular formula is C12H10ClFN2O3S2. The van der Waals surface area contributed by atoms with Crippen LogP contribution < -0.4 is 5.32 Å². The molecule has 0 aliphatic heterocycles. The molecule has 2 rings (SSSR count). The fourth-order valence-electron chi connectivity index (χ4n) is 1.53. The van der Waals surface area contributed by atoms with Gasteiger partial charge in [-0.25, -0.2) is 14.2 Å². The molecule has 0 aromatic carbocycles. The summed E-state index contributed by atoms with van der Waals surface area (Å²) >= 11 is 8.29. The van der Waals surface area contributed by atoms with E-state index in [9.17, 15) is 14.0 Å². The number of hydrogen-bond donors (Lipinski definition) is 2. The summed E-state index contributed by atoms with van der Waals surface area (Å²) in [6.45, 7) is 0.460. The lowest BCUT2D eigenvalue weighted by molar-refractivity contribution is -0.139. The van der Waals surface area contributed by atoms with Crippen LogP contribution in [0.1, 0.15) is 15.4 Å². The van der Waals surface area contributed by atoms with E-state index in [4.69, 9.17) is 16.7 Å². The van der Waals surface area contributed by atoms with Gasteiger partial charge in [-0.05, 0) is 19.1 Å². The van der Waals surface area contributed by atoms with Crippen molar-refractivity contribution in [2.45, 2.75) is 13.0 Å². The molecule has 2 aromatic heterocycles. The summed E-state index contributed by atoms with van der Waals surface area (Å²) in [4.78, 5) is 28.1. The lowest BCUT2D eigenvalue weighted by atomic mass is 10.3. The van der Waals surface area contributed by atoms with Crippen LogP contribution >= 0.6 is 34.3 Å². The van der Waals surface area contributed by atoms with Gasteiger partial charge >= 0.3 is 5.97 Å². The van der Waals surface area contributed by atoms with Gasteiger partial charge in [0.15, 0.2) is 6.04 Å². The van der Waals surface area contributed by atoms with Gasteiger partial charge in [-0.1, -0.05) is 11.6 Å². The molecule has 5 nitrogen and oxygen atoms in total. The van der Waals surface area contributed by atoms with Crippen molar-refractivity contribution in [3.8, 4) is 9.88 Å². The van der Waals surface area contributed by atoms with Crippen LogP contribution in [0.2, 0.25) is 4.34 Å². The summed E-state index contributed by atoms with van der Waals surface area (Å²) in [7, 11) is 0. The molecule has 0 bridgehead atoms. The molecule has 2 aromatic rings. The molecule has 0 fully saturated rings. The van der Waals surface area contributed by atoms with Gasteiger partial charge in [0.2, 0.25) is 0 Å². The minimum absolute atomic E-state index is 0.259. The number of nitrogens with zero attached hydrogens (tertiary/aromatic N) is 1. The number of carboxylic acids is 1. The normalized spacial score (nSPS) is 12.1. The number of rotatable bonds is 5. The summed E-state index contributed by atoms with van der Waals surface area (Å²) in [6, 6.07) is 1.95. The van der Waals surface area contributed by atoms with Crippen LogP contribution in [0.25, 0.3) is 9.88 Å². The minimum atomic E-state index is -1.56. The van der Waals surface area contributed by atoms with Gasteiger partial charge in [0.05, 0.1) is 14.9 Å². The highest BCUT2D eigenvalue weighted by Crippen LogP contribution is 2.34. The number of aryl methyl sites for hydroxylation is 1. The van der Waals surface area contributed by atoms with Gasteiger partial charge in [-0.15, -0.1) is 22.7 Å². The van der Waals surface area contributed by atoms with Gasteiger partial charge in [0.1, 0.15) is 16.6 Å². The number of alkyl halides is 1. The first-order chi connectivity index (χ1) is 9.92. The molecular weight excluding hydrogens is 339 g/mol. The van der Waals surface area contributed by atoms with Crippen molar-refractivity contribution in [3.63, 3.8) is 0 Å². The van der Waals surface area contributed by atoms with Gasteiger partial charge < -0.3 is 10.4 Å².